The number of nitrogens with one attached hydrogen (secondary N) is 2. The van der Waals surface area contributed by atoms with Gasteiger partial charge < -0.3 is 27.2 Å². The van der Waals surface area contributed by atoms with E-state index >= 15 is 0 Å². The molecule has 0 aliphatic rings. The number of thiol groups is 1. The number of rotatable bonds is 8. The van der Waals surface area contributed by atoms with E-state index in [1.54, 1.807) is 6.92 Å². The zero-order chi connectivity index (χ0) is 15.0. The third-order valence-electron chi connectivity index (χ3n) is 2.26. The summed E-state index contributed by atoms with van der Waals surface area (Å²) in [7, 11) is 0. The average molecular weight is 292 g/mol. The Balaban J connectivity index is 4.66. The second-order valence-electron chi connectivity index (χ2n) is 4.09. The summed E-state index contributed by atoms with van der Waals surface area (Å²) >= 11 is 3.99. The van der Waals surface area contributed by atoms with Crippen LogP contribution in [0.25, 0.3) is 0 Å². The van der Waals surface area contributed by atoms with Gasteiger partial charge in [0.1, 0.15) is 6.04 Å². The van der Waals surface area contributed by atoms with Crippen LogP contribution in [0, 0.1) is 0 Å². The Hall–Kier alpha value is -1.32. The smallest absolute Gasteiger partial charge is 0.305 e. The van der Waals surface area contributed by atoms with E-state index in [0.717, 1.165) is 0 Å². The Bertz CT molecular complexity index is 339. The monoisotopic (exact) mass is 292 g/mol. The summed E-state index contributed by atoms with van der Waals surface area (Å²) in [5, 5.41) is 13.5. The predicted molar refractivity (Wildman–Crippen MR) is 72.7 cm³/mol. The van der Waals surface area contributed by atoms with Crippen molar-refractivity contribution in [3.63, 3.8) is 0 Å². The molecule has 0 aliphatic carbocycles. The van der Waals surface area contributed by atoms with Crippen LogP contribution >= 0.6 is 12.6 Å². The van der Waals surface area contributed by atoms with Crippen molar-refractivity contribution >= 4 is 30.4 Å². The van der Waals surface area contributed by atoms with Crippen LogP contribution in [-0.2, 0) is 14.4 Å². The number of hydrogen-bond acceptors (Lipinski definition) is 6. The van der Waals surface area contributed by atoms with E-state index in [9.17, 15) is 14.4 Å². The molecule has 8 nitrogen and oxygen atoms in total. The molecule has 0 aromatic rings. The van der Waals surface area contributed by atoms with Gasteiger partial charge in [-0.15, -0.1) is 0 Å². The van der Waals surface area contributed by atoms with Crippen molar-refractivity contribution in [1.82, 2.24) is 10.6 Å². The van der Waals surface area contributed by atoms with Crippen LogP contribution in [0.2, 0.25) is 0 Å². The van der Waals surface area contributed by atoms with Crippen molar-refractivity contribution in [1.29, 1.82) is 0 Å². The zero-order valence-corrected chi connectivity index (χ0v) is 11.5. The summed E-state index contributed by atoms with van der Waals surface area (Å²) in [4.78, 5) is 34.0. The quantitative estimate of drug-likeness (QED) is 0.276. The molecule has 0 saturated heterocycles. The molecule has 19 heavy (non-hydrogen) atoms. The van der Waals surface area contributed by atoms with Crippen LogP contribution in [0.5, 0.6) is 0 Å². The summed E-state index contributed by atoms with van der Waals surface area (Å²) < 4.78 is 0. The Morgan fingerprint density at radius 1 is 1.26 bits per heavy atom. The summed E-state index contributed by atoms with van der Waals surface area (Å²) in [6.07, 6.45) is -0.534. The number of aliphatic carboxylic acids is 1. The fourth-order valence-electron chi connectivity index (χ4n) is 1.16. The molecule has 110 valence electrons. The van der Waals surface area contributed by atoms with Crippen molar-refractivity contribution in [3.05, 3.63) is 0 Å². The highest BCUT2D eigenvalue weighted by Gasteiger charge is 2.26. The van der Waals surface area contributed by atoms with Gasteiger partial charge in [0, 0.05) is 18.3 Å². The molecule has 0 bridgehead atoms. The number of carbonyl (C=O) groups is 3. The van der Waals surface area contributed by atoms with Gasteiger partial charge in [-0.05, 0) is 6.92 Å². The first-order chi connectivity index (χ1) is 8.81. The summed E-state index contributed by atoms with van der Waals surface area (Å²) in [6, 6.07) is -2.41. The molecule has 0 aliphatic heterocycles. The fraction of sp³-hybridized carbons (Fsp3) is 0.700. The SMILES string of the molecule is C[C@H](CS)NC(=O)[C@H](CC(=O)O)NC(=O)[C@@H](N)CN. The van der Waals surface area contributed by atoms with Gasteiger partial charge in [-0.1, -0.05) is 0 Å². The Kier molecular flexibility index (Phi) is 8.12. The maximum atomic E-state index is 11.8. The van der Waals surface area contributed by atoms with Crippen LogP contribution in [0.15, 0.2) is 0 Å². The van der Waals surface area contributed by atoms with Gasteiger partial charge in [-0.3, -0.25) is 14.4 Å². The number of carbonyl (C=O) groups excluding carboxylic acids is 2. The van der Waals surface area contributed by atoms with E-state index in [0.29, 0.717) is 5.75 Å². The second kappa shape index (κ2) is 8.73. The van der Waals surface area contributed by atoms with Crippen molar-refractivity contribution in [2.45, 2.75) is 31.5 Å². The molecule has 9 heteroatoms. The Morgan fingerprint density at radius 2 is 1.84 bits per heavy atom. The third kappa shape index (κ3) is 6.99. The van der Waals surface area contributed by atoms with Crippen LogP contribution in [0.3, 0.4) is 0 Å². The largest absolute Gasteiger partial charge is 0.481 e. The first-order valence-corrected chi connectivity index (χ1v) is 6.34. The van der Waals surface area contributed by atoms with Gasteiger partial charge in [0.25, 0.3) is 0 Å². The van der Waals surface area contributed by atoms with Crippen molar-refractivity contribution in [2.75, 3.05) is 12.3 Å². The normalized spacial score (nSPS) is 15.2. The highest BCUT2D eigenvalue weighted by molar-refractivity contribution is 7.80. The average Bonchev–Trinajstić information content (AvgIpc) is 2.35. The maximum Gasteiger partial charge on any atom is 0.305 e. The number of carboxylic acids is 1. The van der Waals surface area contributed by atoms with Crippen LogP contribution < -0.4 is 22.1 Å². The number of carboxylic acid groups (broad SMARTS) is 1. The molecular formula is C10H20N4O4S. The maximum absolute atomic E-state index is 11.8. The lowest BCUT2D eigenvalue weighted by molar-refractivity contribution is -0.140. The number of hydrogen-bond donors (Lipinski definition) is 6. The molecule has 0 spiro atoms. The minimum Gasteiger partial charge on any atom is -0.481 e. The van der Waals surface area contributed by atoms with Crippen LogP contribution in [0.4, 0.5) is 0 Å². The van der Waals surface area contributed by atoms with E-state index in [4.69, 9.17) is 16.6 Å². The van der Waals surface area contributed by atoms with E-state index < -0.39 is 36.3 Å². The standard InChI is InChI=1S/C10H20N4O4S/c1-5(4-19)13-10(18)7(2-8(15)16)14-9(17)6(12)3-11/h5-7,19H,2-4,11-12H2,1H3,(H,13,18)(H,14,17)(H,15,16)/t5-,6+,7+/m1/s1. The van der Waals surface area contributed by atoms with Crippen molar-refractivity contribution < 1.29 is 19.5 Å². The molecular weight excluding hydrogens is 272 g/mol. The molecule has 0 heterocycles. The van der Waals surface area contributed by atoms with E-state index in [-0.39, 0.29) is 12.6 Å². The third-order valence-corrected chi connectivity index (χ3v) is 2.81. The molecule has 2 amide bonds. The summed E-state index contributed by atoms with van der Waals surface area (Å²) in [6.45, 7) is 1.61. The highest BCUT2D eigenvalue weighted by atomic mass is 32.1. The Labute approximate surface area is 116 Å². The van der Waals surface area contributed by atoms with Crippen LogP contribution in [0.1, 0.15) is 13.3 Å². The molecule has 0 aromatic carbocycles. The lowest BCUT2D eigenvalue weighted by atomic mass is 10.1. The summed E-state index contributed by atoms with van der Waals surface area (Å²) in [5.41, 5.74) is 10.6. The molecule has 7 N–H and O–H groups in total. The van der Waals surface area contributed by atoms with E-state index in [2.05, 4.69) is 23.3 Å². The van der Waals surface area contributed by atoms with Crippen LogP contribution in [-0.4, -0.2) is 53.3 Å². The summed E-state index contributed by atoms with van der Waals surface area (Å²) in [5.74, 6) is -2.08. The lowest BCUT2D eigenvalue weighted by Gasteiger charge is -2.20. The Morgan fingerprint density at radius 3 is 2.26 bits per heavy atom. The molecule has 3 atom stereocenters. The minimum atomic E-state index is -1.21. The van der Waals surface area contributed by atoms with E-state index in [1.165, 1.54) is 0 Å². The number of amides is 2. The first-order valence-electron chi connectivity index (χ1n) is 5.70. The fourth-order valence-corrected chi connectivity index (χ4v) is 1.25. The van der Waals surface area contributed by atoms with Gasteiger partial charge >= 0.3 is 5.97 Å². The molecule has 0 unspecified atom stereocenters. The van der Waals surface area contributed by atoms with Gasteiger partial charge in [0.2, 0.25) is 11.8 Å². The van der Waals surface area contributed by atoms with Gasteiger partial charge in [-0.25, -0.2) is 0 Å². The molecule has 0 fully saturated rings. The number of nitrogens with two attached hydrogens (primary N) is 2. The molecule has 0 rings (SSSR count). The highest BCUT2D eigenvalue weighted by Crippen LogP contribution is 1.96. The van der Waals surface area contributed by atoms with E-state index in [1.807, 2.05) is 0 Å². The molecule has 0 radical (unpaired) electrons. The van der Waals surface area contributed by atoms with Gasteiger partial charge in [0.05, 0.1) is 12.5 Å². The van der Waals surface area contributed by atoms with Gasteiger partial charge in [0.15, 0.2) is 0 Å². The predicted octanol–water partition coefficient (Wildman–Crippen LogP) is -2.33. The molecule has 0 saturated carbocycles. The van der Waals surface area contributed by atoms with Crippen molar-refractivity contribution in [3.8, 4) is 0 Å². The first kappa shape index (κ1) is 17.7. The lowest BCUT2D eigenvalue weighted by Crippen LogP contribution is -2.55. The zero-order valence-electron chi connectivity index (χ0n) is 10.6. The van der Waals surface area contributed by atoms with Crippen molar-refractivity contribution in [2.24, 2.45) is 11.5 Å². The van der Waals surface area contributed by atoms with Gasteiger partial charge in [-0.2, -0.15) is 12.6 Å². The minimum absolute atomic E-state index is 0.0969. The topological polar surface area (TPSA) is 148 Å². The molecule has 0 aromatic heterocycles. The second-order valence-corrected chi connectivity index (χ2v) is 4.46.